The highest BCUT2D eigenvalue weighted by Crippen LogP contribution is 2.29. The molecule has 0 spiro atoms. The van der Waals surface area contributed by atoms with Crippen LogP contribution in [0.3, 0.4) is 0 Å². The molecular formula is C19H25Cl2NO. The van der Waals surface area contributed by atoms with Crippen molar-refractivity contribution in [3.63, 3.8) is 0 Å². The van der Waals surface area contributed by atoms with E-state index in [-0.39, 0.29) is 12.4 Å². The zero-order valence-electron chi connectivity index (χ0n) is 13.4. The molecule has 23 heavy (non-hydrogen) atoms. The lowest BCUT2D eigenvalue weighted by Crippen LogP contribution is -2.29. The molecule has 126 valence electrons. The zero-order valence-corrected chi connectivity index (χ0v) is 15.0. The van der Waals surface area contributed by atoms with Crippen LogP contribution in [0.4, 0.5) is 0 Å². The van der Waals surface area contributed by atoms with Gasteiger partial charge in [-0.1, -0.05) is 55.8 Å². The van der Waals surface area contributed by atoms with Gasteiger partial charge in [0.15, 0.2) is 0 Å². The highest BCUT2D eigenvalue weighted by Gasteiger charge is 2.12. The standard InChI is InChI=1S/C19H24ClNO.ClH/c20-18-11-7-6-10-17(18)19-13-12-16(22-19)14-21-15-8-4-2-1-3-5-9-15;/h6-7,10-13,15,21H,1-5,8-9,14H2;1H. The predicted octanol–water partition coefficient (Wildman–Crippen LogP) is 6.22. The summed E-state index contributed by atoms with van der Waals surface area (Å²) >= 11 is 6.22. The van der Waals surface area contributed by atoms with Crippen molar-refractivity contribution in [2.24, 2.45) is 0 Å². The van der Waals surface area contributed by atoms with Gasteiger partial charge in [0.05, 0.1) is 11.6 Å². The van der Waals surface area contributed by atoms with E-state index in [4.69, 9.17) is 16.0 Å². The second-order valence-electron chi connectivity index (χ2n) is 6.17. The Hall–Kier alpha value is -0.960. The third-order valence-corrected chi connectivity index (χ3v) is 4.80. The molecule has 2 aromatic rings. The number of halogens is 2. The average Bonchev–Trinajstić information content (AvgIpc) is 2.95. The lowest BCUT2D eigenvalue weighted by atomic mass is 9.97. The second kappa shape index (κ2) is 9.36. The van der Waals surface area contributed by atoms with Crippen LogP contribution < -0.4 is 5.32 Å². The average molecular weight is 354 g/mol. The van der Waals surface area contributed by atoms with E-state index in [0.29, 0.717) is 6.04 Å². The van der Waals surface area contributed by atoms with Crippen molar-refractivity contribution < 1.29 is 4.42 Å². The van der Waals surface area contributed by atoms with Crippen LogP contribution in [0.1, 0.15) is 50.7 Å². The molecule has 1 aromatic carbocycles. The van der Waals surface area contributed by atoms with Crippen LogP contribution in [-0.2, 0) is 6.54 Å². The minimum absolute atomic E-state index is 0. The SMILES string of the molecule is Cl.Clc1ccccc1-c1ccc(CNC2CCCCCCC2)o1. The van der Waals surface area contributed by atoms with E-state index in [0.717, 1.165) is 28.7 Å². The van der Waals surface area contributed by atoms with Gasteiger partial charge in [0.25, 0.3) is 0 Å². The van der Waals surface area contributed by atoms with Crippen LogP contribution >= 0.6 is 24.0 Å². The molecule has 0 aliphatic heterocycles. The summed E-state index contributed by atoms with van der Waals surface area (Å²) in [5.41, 5.74) is 0.960. The number of benzene rings is 1. The van der Waals surface area contributed by atoms with E-state index < -0.39 is 0 Å². The Kier molecular flexibility index (Phi) is 7.48. The van der Waals surface area contributed by atoms with Gasteiger partial charge in [-0.2, -0.15) is 0 Å². The first kappa shape index (κ1) is 18.4. The van der Waals surface area contributed by atoms with Crippen LogP contribution in [0.25, 0.3) is 11.3 Å². The van der Waals surface area contributed by atoms with Crippen LogP contribution in [0.15, 0.2) is 40.8 Å². The molecule has 0 amide bonds. The summed E-state index contributed by atoms with van der Waals surface area (Å²) in [6.45, 7) is 0.801. The van der Waals surface area contributed by atoms with Gasteiger partial charge in [-0.3, -0.25) is 0 Å². The fraction of sp³-hybridized carbons (Fsp3) is 0.474. The maximum Gasteiger partial charge on any atom is 0.135 e. The van der Waals surface area contributed by atoms with E-state index in [1.165, 1.54) is 44.9 Å². The number of nitrogens with one attached hydrogen (secondary N) is 1. The summed E-state index contributed by atoms with van der Waals surface area (Å²) in [6.07, 6.45) is 9.45. The monoisotopic (exact) mass is 353 g/mol. The minimum atomic E-state index is 0. The van der Waals surface area contributed by atoms with E-state index in [9.17, 15) is 0 Å². The molecule has 1 fully saturated rings. The predicted molar refractivity (Wildman–Crippen MR) is 99.3 cm³/mol. The quantitative estimate of drug-likeness (QED) is 0.705. The normalized spacial score (nSPS) is 16.4. The maximum absolute atomic E-state index is 6.22. The summed E-state index contributed by atoms with van der Waals surface area (Å²) < 4.78 is 5.95. The molecule has 0 atom stereocenters. The molecule has 2 nitrogen and oxygen atoms in total. The van der Waals surface area contributed by atoms with Gasteiger partial charge in [0.2, 0.25) is 0 Å². The largest absolute Gasteiger partial charge is 0.460 e. The highest BCUT2D eigenvalue weighted by molar-refractivity contribution is 6.33. The van der Waals surface area contributed by atoms with Gasteiger partial charge in [0, 0.05) is 11.6 Å². The van der Waals surface area contributed by atoms with Crippen molar-refractivity contribution in [2.75, 3.05) is 0 Å². The van der Waals surface area contributed by atoms with E-state index in [2.05, 4.69) is 11.4 Å². The number of rotatable bonds is 4. The van der Waals surface area contributed by atoms with E-state index in [1.54, 1.807) is 0 Å². The van der Waals surface area contributed by atoms with Gasteiger partial charge in [-0.15, -0.1) is 12.4 Å². The van der Waals surface area contributed by atoms with Gasteiger partial charge in [-0.05, 0) is 37.1 Å². The fourth-order valence-corrected chi connectivity index (χ4v) is 3.41. The molecule has 1 heterocycles. The van der Waals surface area contributed by atoms with Gasteiger partial charge >= 0.3 is 0 Å². The summed E-state index contributed by atoms with van der Waals surface area (Å²) in [7, 11) is 0. The summed E-state index contributed by atoms with van der Waals surface area (Å²) in [4.78, 5) is 0. The smallest absolute Gasteiger partial charge is 0.135 e. The minimum Gasteiger partial charge on any atom is -0.460 e. The third-order valence-electron chi connectivity index (χ3n) is 4.47. The van der Waals surface area contributed by atoms with E-state index in [1.807, 2.05) is 30.3 Å². The Morgan fingerprint density at radius 3 is 2.39 bits per heavy atom. The van der Waals surface area contributed by atoms with Crippen molar-refractivity contribution in [1.82, 2.24) is 5.32 Å². The van der Waals surface area contributed by atoms with Crippen molar-refractivity contribution >= 4 is 24.0 Å². The van der Waals surface area contributed by atoms with Crippen molar-refractivity contribution in [2.45, 2.75) is 57.5 Å². The number of hydrogen-bond acceptors (Lipinski definition) is 2. The van der Waals surface area contributed by atoms with E-state index >= 15 is 0 Å². The Bertz CT molecular complexity index is 589. The number of hydrogen-bond donors (Lipinski definition) is 1. The second-order valence-corrected chi connectivity index (χ2v) is 6.58. The van der Waals surface area contributed by atoms with Crippen LogP contribution in [0.5, 0.6) is 0 Å². The third kappa shape index (κ3) is 5.27. The van der Waals surface area contributed by atoms with Gasteiger partial charge < -0.3 is 9.73 Å². The molecule has 1 aliphatic carbocycles. The first-order valence-corrected chi connectivity index (χ1v) is 8.78. The lowest BCUT2D eigenvalue weighted by molar-refractivity contribution is 0.373. The Morgan fingerprint density at radius 2 is 1.65 bits per heavy atom. The van der Waals surface area contributed by atoms with Crippen LogP contribution in [-0.4, -0.2) is 6.04 Å². The Balaban J connectivity index is 0.00000192. The molecular weight excluding hydrogens is 329 g/mol. The summed E-state index contributed by atoms with van der Waals surface area (Å²) in [5, 5.41) is 4.39. The molecule has 0 unspecified atom stereocenters. The lowest BCUT2D eigenvalue weighted by Gasteiger charge is -2.20. The summed E-state index contributed by atoms with van der Waals surface area (Å²) in [5.74, 6) is 1.83. The summed E-state index contributed by atoms with van der Waals surface area (Å²) in [6, 6.07) is 12.5. The van der Waals surface area contributed by atoms with Crippen LogP contribution in [0.2, 0.25) is 5.02 Å². The molecule has 4 heteroatoms. The van der Waals surface area contributed by atoms with Gasteiger partial charge in [0.1, 0.15) is 11.5 Å². The fourth-order valence-electron chi connectivity index (χ4n) is 3.18. The number of furan rings is 1. The maximum atomic E-state index is 6.22. The molecule has 3 rings (SSSR count). The van der Waals surface area contributed by atoms with Gasteiger partial charge in [-0.25, -0.2) is 0 Å². The highest BCUT2D eigenvalue weighted by atomic mass is 35.5. The van der Waals surface area contributed by atoms with Crippen molar-refractivity contribution in [3.8, 4) is 11.3 Å². The first-order valence-electron chi connectivity index (χ1n) is 8.40. The zero-order chi connectivity index (χ0) is 15.2. The Morgan fingerprint density at radius 1 is 0.957 bits per heavy atom. The Labute approximate surface area is 150 Å². The molecule has 1 N–H and O–H groups in total. The molecule has 0 radical (unpaired) electrons. The molecule has 1 aliphatic rings. The molecule has 0 bridgehead atoms. The van der Waals surface area contributed by atoms with Crippen molar-refractivity contribution in [3.05, 3.63) is 47.2 Å². The van der Waals surface area contributed by atoms with Crippen LogP contribution in [0, 0.1) is 0 Å². The first-order chi connectivity index (χ1) is 10.8. The topological polar surface area (TPSA) is 25.2 Å². The molecule has 1 saturated carbocycles. The van der Waals surface area contributed by atoms with Crippen molar-refractivity contribution in [1.29, 1.82) is 0 Å². The molecule has 1 aromatic heterocycles. The molecule has 0 saturated heterocycles.